The van der Waals surface area contributed by atoms with Gasteiger partial charge in [-0.25, -0.2) is 10.4 Å². The summed E-state index contributed by atoms with van der Waals surface area (Å²) in [5.74, 6) is -0.353. The van der Waals surface area contributed by atoms with Gasteiger partial charge >= 0.3 is 5.97 Å². The molecule has 6 bridgehead atoms. The number of ether oxygens (including phenoxy) is 3. The highest BCUT2D eigenvalue weighted by Gasteiger charge is 2.49. The number of nitrogens with one attached hydrogen (secondary N) is 3. The maximum atomic E-state index is 14.3. The quantitative estimate of drug-likeness (QED) is 0.201. The zero-order chi connectivity index (χ0) is 45.9. The number of fused-ring (bicyclic) bond motifs is 6. The third kappa shape index (κ3) is 9.01. The van der Waals surface area contributed by atoms with E-state index in [1.54, 1.807) is 7.11 Å². The number of pyridine rings is 1. The minimum Gasteiger partial charge on any atom is -0.464 e. The number of thiazole rings is 1. The molecule has 3 aromatic heterocycles. The lowest BCUT2D eigenvalue weighted by Gasteiger charge is -2.38. The molecule has 354 valence electrons. The maximum Gasteiger partial charge on any atom is 0.324 e. The van der Waals surface area contributed by atoms with Crippen molar-refractivity contribution >= 4 is 45.7 Å². The van der Waals surface area contributed by atoms with Crippen molar-refractivity contribution in [3.05, 3.63) is 51.6 Å². The van der Waals surface area contributed by atoms with Crippen LogP contribution in [-0.4, -0.2) is 133 Å². The van der Waals surface area contributed by atoms with Gasteiger partial charge in [-0.1, -0.05) is 27.7 Å². The van der Waals surface area contributed by atoms with Gasteiger partial charge in [0.15, 0.2) is 0 Å². The van der Waals surface area contributed by atoms with Crippen molar-refractivity contribution in [1.29, 1.82) is 0 Å². The molecule has 1 saturated carbocycles. The molecule has 4 aromatic rings. The number of cyclic esters (lactones) is 1. The van der Waals surface area contributed by atoms with Crippen LogP contribution in [0.3, 0.4) is 0 Å². The molecule has 2 amide bonds. The van der Waals surface area contributed by atoms with Crippen LogP contribution in [0, 0.1) is 23.2 Å². The van der Waals surface area contributed by atoms with Crippen LogP contribution in [0.15, 0.2) is 29.8 Å². The zero-order valence-electron chi connectivity index (χ0n) is 39.5. The first-order valence-electron chi connectivity index (χ1n) is 24.4. The molecule has 8 heterocycles. The Morgan fingerprint density at radius 2 is 1.89 bits per heavy atom. The van der Waals surface area contributed by atoms with Crippen molar-refractivity contribution in [3.63, 3.8) is 0 Å². The van der Waals surface area contributed by atoms with Crippen LogP contribution in [-0.2, 0) is 54.4 Å². The van der Waals surface area contributed by atoms with Crippen LogP contribution < -0.4 is 21.0 Å². The molecular formula is C50H67N9O6S. The maximum absolute atomic E-state index is 14.3. The Morgan fingerprint density at radius 3 is 2.65 bits per heavy atom. The van der Waals surface area contributed by atoms with E-state index in [1.165, 1.54) is 38.4 Å². The average molecular weight is 922 g/mol. The monoisotopic (exact) mass is 921 g/mol. The first-order chi connectivity index (χ1) is 31.9. The standard InChI is InChI=1S/C50H67N9O6S/c1-29-30(2)43(29)47(60)54-40-22-42-53-41(27-66-42)33-19-32-9-7-12-58-45(32)36(20-33)38(23-50(4,5)28-65-49(62)39-10-8-13-59(55-39)48(40)61)46(58)37-21-34(24-52-44(37)31(3)63-6)57-16-14-56(15-17-57)26-35-25-51-11-18-64-35/h19-21,24,27,29-31,35,39-40,43,51,55H,7-18,22-23,25-26,28H2,1-6H3,(H,54,60)/t29-,30+,31-,35-,39-,40-,43?/m0/s1. The average Bonchev–Trinajstić information content (AvgIpc) is 3.57. The lowest BCUT2D eigenvalue weighted by atomic mass is 9.84. The molecule has 0 radical (unpaired) electrons. The third-order valence-corrected chi connectivity index (χ3v) is 16.1. The number of hydrogen-bond acceptors (Lipinski definition) is 13. The van der Waals surface area contributed by atoms with Crippen LogP contribution in [0.2, 0.25) is 0 Å². The van der Waals surface area contributed by atoms with Gasteiger partial charge in [0.2, 0.25) is 5.91 Å². The summed E-state index contributed by atoms with van der Waals surface area (Å²) in [4.78, 5) is 57.3. The molecule has 1 aliphatic carbocycles. The van der Waals surface area contributed by atoms with Crippen LogP contribution >= 0.6 is 11.3 Å². The topological polar surface area (TPSA) is 155 Å². The summed E-state index contributed by atoms with van der Waals surface area (Å²) in [7, 11) is 1.75. The number of benzene rings is 1. The Kier molecular flexibility index (Phi) is 12.8. The van der Waals surface area contributed by atoms with Crippen molar-refractivity contribution in [1.82, 2.24) is 40.5 Å². The summed E-state index contributed by atoms with van der Waals surface area (Å²) in [5, 5.41) is 12.1. The zero-order valence-corrected chi connectivity index (χ0v) is 40.3. The lowest BCUT2D eigenvalue weighted by Crippen LogP contribution is -2.60. The molecule has 4 fully saturated rings. The fraction of sp³-hybridized carbons (Fsp3) is 0.620. The minimum absolute atomic E-state index is 0.107. The summed E-state index contributed by atoms with van der Waals surface area (Å²) in [6, 6.07) is 5.42. The number of carbonyl (C=O) groups excluding carboxylic acids is 3. The SMILES string of the molecule is CO[C@@H](C)c1ncc(N2CCN(C[C@@H]3CNCCO3)CC2)cc1-c1c2c3cc(cc4c3n1CCC4)-c1csc(n1)C[C@H](NC(=O)C1[C@@H](C)[C@H]1C)C(=O)N1CCC[C@H](N1)C(=O)OCC(C)(C)C2. The molecular weight excluding hydrogens is 855 g/mol. The van der Waals surface area contributed by atoms with Gasteiger partial charge in [-0.15, -0.1) is 11.3 Å². The molecule has 0 spiro atoms. The summed E-state index contributed by atoms with van der Waals surface area (Å²) in [6.07, 6.45) is 5.95. The van der Waals surface area contributed by atoms with Gasteiger partial charge in [0, 0.05) is 106 Å². The van der Waals surface area contributed by atoms with E-state index >= 15 is 0 Å². The molecule has 1 aromatic carbocycles. The van der Waals surface area contributed by atoms with Crippen LogP contribution in [0.1, 0.15) is 81.8 Å². The van der Waals surface area contributed by atoms with E-state index in [4.69, 9.17) is 24.2 Å². The van der Waals surface area contributed by atoms with Crippen molar-refractivity contribution in [2.24, 2.45) is 23.2 Å². The van der Waals surface area contributed by atoms with Gasteiger partial charge in [0.05, 0.1) is 64.9 Å². The summed E-state index contributed by atoms with van der Waals surface area (Å²) >= 11 is 1.52. The largest absolute Gasteiger partial charge is 0.464 e. The van der Waals surface area contributed by atoms with Gasteiger partial charge in [0.1, 0.15) is 12.1 Å². The number of morpholine rings is 1. The van der Waals surface area contributed by atoms with E-state index < -0.39 is 17.5 Å². The molecule has 10 rings (SSSR count). The lowest BCUT2D eigenvalue weighted by molar-refractivity contribution is -0.155. The van der Waals surface area contributed by atoms with Crippen molar-refractivity contribution < 1.29 is 28.6 Å². The van der Waals surface area contributed by atoms with Gasteiger partial charge in [-0.3, -0.25) is 29.3 Å². The Balaban J connectivity index is 1.06. The number of piperazine rings is 1. The molecule has 3 N–H and O–H groups in total. The summed E-state index contributed by atoms with van der Waals surface area (Å²) in [6.45, 7) is 19.2. The number of aromatic nitrogens is 3. The second kappa shape index (κ2) is 18.6. The normalized spacial score (nSPS) is 27.6. The highest BCUT2D eigenvalue weighted by Crippen LogP contribution is 2.47. The number of hydrazine groups is 1. The number of amides is 2. The molecule has 1 unspecified atom stereocenters. The number of esters is 1. The number of aryl methyl sites for hydroxylation is 2. The van der Waals surface area contributed by atoms with E-state index in [2.05, 4.69) is 88.6 Å². The Morgan fingerprint density at radius 1 is 1.08 bits per heavy atom. The number of anilines is 1. The third-order valence-electron chi connectivity index (χ3n) is 15.2. The van der Waals surface area contributed by atoms with Crippen LogP contribution in [0.25, 0.3) is 33.4 Å². The highest BCUT2D eigenvalue weighted by molar-refractivity contribution is 7.10. The molecule has 3 saturated heterocycles. The van der Waals surface area contributed by atoms with E-state index in [0.717, 1.165) is 111 Å². The molecule has 16 heteroatoms. The smallest absolute Gasteiger partial charge is 0.324 e. The fourth-order valence-electron chi connectivity index (χ4n) is 11.1. The molecule has 6 aliphatic rings. The van der Waals surface area contributed by atoms with Gasteiger partial charge in [-0.05, 0) is 80.2 Å². The molecule has 7 atom stereocenters. The number of carbonyl (C=O) groups is 3. The number of hydrogen-bond donors (Lipinski definition) is 3. The van der Waals surface area contributed by atoms with Gasteiger partial charge in [0.25, 0.3) is 5.91 Å². The number of rotatable bonds is 8. The molecule has 15 nitrogen and oxygen atoms in total. The minimum atomic E-state index is -0.839. The van der Waals surface area contributed by atoms with Crippen LogP contribution in [0.4, 0.5) is 5.69 Å². The van der Waals surface area contributed by atoms with Crippen molar-refractivity contribution in [2.75, 3.05) is 77.6 Å². The number of nitrogens with zero attached hydrogens (tertiary/aromatic N) is 6. The van der Waals surface area contributed by atoms with E-state index in [9.17, 15) is 14.4 Å². The second-order valence-corrected chi connectivity index (χ2v) is 21.4. The van der Waals surface area contributed by atoms with E-state index in [1.807, 2.05) is 6.20 Å². The highest BCUT2D eigenvalue weighted by atomic mass is 32.1. The fourth-order valence-corrected chi connectivity index (χ4v) is 12.0. The van der Waals surface area contributed by atoms with Crippen molar-refractivity contribution in [2.45, 2.75) is 104 Å². The van der Waals surface area contributed by atoms with E-state index in [0.29, 0.717) is 25.8 Å². The molecule has 5 aliphatic heterocycles. The van der Waals surface area contributed by atoms with E-state index in [-0.39, 0.29) is 60.8 Å². The summed E-state index contributed by atoms with van der Waals surface area (Å²) in [5.41, 5.74) is 12.5. The first kappa shape index (κ1) is 45.3. The predicted molar refractivity (Wildman–Crippen MR) is 255 cm³/mol. The summed E-state index contributed by atoms with van der Waals surface area (Å²) < 4.78 is 20.8. The Hall–Kier alpha value is -4.45. The number of methoxy groups -OCH3 is 1. The van der Waals surface area contributed by atoms with Crippen LogP contribution in [0.5, 0.6) is 0 Å². The van der Waals surface area contributed by atoms with Crippen molar-refractivity contribution in [3.8, 4) is 22.5 Å². The Bertz CT molecular complexity index is 2460. The molecule has 66 heavy (non-hydrogen) atoms. The van der Waals surface area contributed by atoms with Gasteiger partial charge < -0.3 is 34.3 Å². The first-order valence-corrected chi connectivity index (χ1v) is 25.2. The van der Waals surface area contributed by atoms with Gasteiger partial charge in [-0.2, -0.15) is 0 Å². The second-order valence-electron chi connectivity index (χ2n) is 20.5. The predicted octanol–water partition coefficient (Wildman–Crippen LogP) is 5.14. The Labute approximate surface area is 392 Å².